The second kappa shape index (κ2) is 5.92. The molecule has 0 radical (unpaired) electrons. The number of carbonyl (C=O) groups is 1. The van der Waals surface area contributed by atoms with Gasteiger partial charge >= 0.3 is 0 Å². The van der Waals surface area contributed by atoms with Crippen LogP contribution in [0.5, 0.6) is 11.5 Å². The molecule has 0 fully saturated rings. The number of anilines is 1. The predicted molar refractivity (Wildman–Crippen MR) is 81.3 cm³/mol. The highest BCUT2D eigenvalue weighted by Crippen LogP contribution is 2.32. The van der Waals surface area contributed by atoms with E-state index in [0.717, 1.165) is 0 Å². The molecule has 23 heavy (non-hydrogen) atoms. The van der Waals surface area contributed by atoms with Crippen molar-refractivity contribution in [2.24, 2.45) is 0 Å². The van der Waals surface area contributed by atoms with Crippen molar-refractivity contribution in [1.29, 1.82) is 0 Å². The average Bonchev–Trinajstić information content (AvgIpc) is 3.09. The zero-order valence-electron chi connectivity index (χ0n) is 12.3. The van der Waals surface area contributed by atoms with E-state index in [9.17, 15) is 13.2 Å². The monoisotopic (exact) mass is 337 g/mol. The summed E-state index contributed by atoms with van der Waals surface area (Å²) in [5, 5.41) is 1.04. The molecule has 0 aliphatic carbocycles. The van der Waals surface area contributed by atoms with Gasteiger partial charge < -0.3 is 19.8 Å². The Kier molecular flexibility index (Phi) is 3.95. The van der Waals surface area contributed by atoms with E-state index < -0.39 is 21.0 Å². The topological polar surface area (TPSA) is 110 Å². The number of imidazole rings is 1. The number of carbonyl (C=O) groups excluding carboxylic acids is 1. The summed E-state index contributed by atoms with van der Waals surface area (Å²) in [5.41, 5.74) is 0.431. The first kappa shape index (κ1) is 15.3. The fourth-order valence-corrected chi connectivity index (χ4v) is 3.20. The van der Waals surface area contributed by atoms with Gasteiger partial charge in [0.15, 0.2) is 11.5 Å². The van der Waals surface area contributed by atoms with Crippen molar-refractivity contribution in [3.8, 4) is 11.5 Å². The lowest BCUT2D eigenvalue weighted by molar-refractivity contribution is -0.115. The van der Waals surface area contributed by atoms with Gasteiger partial charge in [-0.3, -0.25) is 4.79 Å². The van der Waals surface area contributed by atoms with Crippen molar-refractivity contribution in [3.05, 3.63) is 30.6 Å². The molecule has 1 atom stereocenters. The third kappa shape index (κ3) is 3.00. The van der Waals surface area contributed by atoms with Crippen LogP contribution >= 0.6 is 0 Å². The molecule has 1 aliphatic heterocycles. The number of aromatic amines is 1. The molecule has 1 unspecified atom stereocenters. The number of sulfone groups is 1. The molecule has 2 N–H and O–H groups in total. The molecule has 8 nitrogen and oxygen atoms in total. The number of H-pyrrole nitrogens is 1. The summed E-state index contributed by atoms with van der Waals surface area (Å²) in [4.78, 5) is 18.4. The van der Waals surface area contributed by atoms with Crippen LogP contribution in [-0.4, -0.2) is 42.8 Å². The van der Waals surface area contributed by atoms with Gasteiger partial charge in [-0.05, 0) is 19.1 Å². The molecule has 0 bridgehead atoms. The van der Waals surface area contributed by atoms with Gasteiger partial charge in [0.1, 0.15) is 18.5 Å². The van der Waals surface area contributed by atoms with Crippen LogP contribution in [-0.2, 0) is 14.6 Å². The first-order valence-corrected chi connectivity index (χ1v) is 8.47. The Hall–Kier alpha value is -2.55. The van der Waals surface area contributed by atoms with Gasteiger partial charge in [0.05, 0.1) is 0 Å². The predicted octanol–water partition coefficient (Wildman–Crippen LogP) is 0.982. The SMILES string of the molecule is CC(C(=O)Nc1ccc2c(c1)OCCO2)S(=O)(=O)c1ncc[nH]1. The van der Waals surface area contributed by atoms with Crippen LogP contribution in [0.4, 0.5) is 5.69 Å². The summed E-state index contributed by atoms with van der Waals surface area (Å²) in [5.74, 6) is 0.444. The van der Waals surface area contributed by atoms with E-state index in [4.69, 9.17) is 9.47 Å². The van der Waals surface area contributed by atoms with E-state index in [1.807, 2.05) is 0 Å². The normalized spacial score (nSPS) is 15.0. The van der Waals surface area contributed by atoms with Gasteiger partial charge in [0.25, 0.3) is 0 Å². The van der Waals surface area contributed by atoms with E-state index >= 15 is 0 Å². The molecule has 0 saturated carbocycles. The molecule has 0 saturated heterocycles. The Morgan fingerprint density at radius 3 is 2.74 bits per heavy atom. The van der Waals surface area contributed by atoms with Gasteiger partial charge in [-0.1, -0.05) is 0 Å². The average molecular weight is 337 g/mol. The fourth-order valence-electron chi connectivity index (χ4n) is 2.08. The molecule has 0 spiro atoms. The van der Waals surface area contributed by atoms with Gasteiger partial charge in [0, 0.05) is 24.1 Å². The Morgan fingerprint density at radius 2 is 2.04 bits per heavy atom. The lowest BCUT2D eigenvalue weighted by atomic mass is 10.2. The van der Waals surface area contributed by atoms with Crippen LogP contribution in [0.3, 0.4) is 0 Å². The van der Waals surface area contributed by atoms with Crippen molar-refractivity contribution in [3.63, 3.8) is 0 Å². The Bertz CT molecular complexity index is 817. The van der Waals surface area contributed by atoms with Crippen LogP contribution in [0.25, 0.3) is 0 Å². The van der Waals surface area contributed by atoms with E-state index in [2.05, 4.69) is 15.3 Å². The minimum absolute atomic E-state index is 0.234. The molecule has 1 amide bonds. The number of hydrogen-bond acceptors (Lipinski definition) is 6. The zero-order chi connectivity index (χ0) is 16.4. The Morgan fingerprint density at radius 1 is 1.30 bits per heavy atom. The Labute approximate surface area is 132 Å². The number of benzene rings is 1. The van der Waals surface area contributed by atoms with Crippen LogP contribution in [0, 0.1) is 0 Å². The van der Waals surface area contributed by atoms with Gasteiger partial charge in [-0.2, -0.15) is 0 Å². The molecule has 9 heteroatoms. The number of fused-ring (bicyclic) bond motifs is 1. The third-order valence-corrected chi connectivity index (χ3v) is 5.29. The molecule has 2 heterocycles. The summed E-state index contributed by atoms with van der Waals surface area (Å²) in [6.07, 6.45) is 2.71. The highest BCUT2D eigenvalue weighted by molar-refractivity contribution is 7.92. The van der Waals surface area contributed by atoms with E-state index in [1.54, 1.807) is 18.2 Å². The number of rotatable bonds is 4. The molecule has 122 valence electrons. The third-order valence-electron chi connectivity index (χ3n) is 3.39. The number of nitrogens with zero attached hydrogens (tertiary/aromatic N) is 1. The summed E-state index contributed by atoms with van der Waals surface area (Å²) in [6, 6.07) is 4.88. The molecule has 3 rings (SSSR count). The number of aromatic nitrogens is 2. The minimum Gasteiger partial charge on any atom is -0.486 e. The lowest BCUT2D eigenvalue weighted by Gasteiger charge is -2.19. The summed E-state index contributed by atoms with van der Waals surface area (Å²) in [7, 11) is -3.87. The number of hydrogen-bond donors (Lipinski definition) is 2. The van der Waals surface area contributed by atoms with Crippen LogP contribution < -0.4 is 14.8 Å². The summed E-state index contributed by atoms with van der Waals surface area (Å²) < 4.78 is 35.3. The first-order chi connectivity index (χ1) is 11.0. The van der Waals surface area contributed by atoms with Gasteiger partial charge in [-0.15, -0.1) is 0 Å². The first-order valence-electron chi connectivity index (χ1n) is 6.92. The number of ether oxygens (including phenoxy) is 2. The number of nitrogens with one attached hydrogen (secondary N) is 2. The van der Waals surface area contributed by atoms with Crippen molar-refractivity contribution in [1.82, 2.24) is 9.97 Å². The molecule has 1 aliphatic rings. The largest absolute Gasteiger partial charge is 0.486 e. The zero-order valence-corrected chi connectivity index (χ0v) is 13.1. The maximum absolute atomic E-state index is 12.3. The highest BCUT2D eigenvalue weighted by atomic mass is 32.2. The van der Waals surface area contributed by atoms with Crippen LogP contribution in [0.15, 0.2) is 35.7 Å². The molecule has 2 aromatic rings. The quantitative estimate of drug-likeness (QED) is 0.860. The minimum atomic E-state index is -3.87. The Balaban J connectivity index is 1.76. The second-order valence-corrected chi connectivity index (χ2v) is 7.11. The van der Waals surface area contributed by atoms with Gasteiger partial charge in [-0.25, -0.2) is 13.4 Å². The summed E-state index contributed by atoms with van der Waals surface area (Å²) >= 11 is 0. The number of amides is 1. The van der Waals surface area contributed by atoms with Crippen LogP contribution in [0.2, 0.25) is 0 Å². The highest BCUT2D eigenvalue weighted by Gasteiger charge is 2.32. The smallest absolute Gasteiger partial charge is 0.242 e. The van der Waals surface area contributed by atoms with Crippen molar-refractivity contribution < 1.29 is 22.7 Å². The molecule has 1 aromatic carbocycles. The van der Waals surface area contributed by atoms with Crippen molar-refractivity contribution >= 4 is 21.4 Å². The fraction of sp³-hybridized carbons (Fsp3) is 0.286. The molecule has 1 aromatic heterocycles. The molecular formula is C14H15N3O5S. The second-order valence-electron chi connectivity index (χ2n) is 4.93. The maximum Gasteiger partial charge on any atom is 0.242 e. The van der Waals surface area contributed by atoms with E-state index in [0.29, 0.717) is 30.4 Å². The van der Waals surface area contributed by atoms with Gasteiger partial charge in [0.2, 0.25) is 20.9 Å². The van der Waals surface area contributed by atoms with Crippen LogP contribution in [0.1, 0.15) is 6.92 Å². The van der Waals surface area contributed by atoms with E-state index in [1.165, 1.54) is 19.3 Å². The standard InChI is InChI=1S/C14H15N3O5S/c1-9(23(19,20)14-15-4-5-16-14)13(18)17-10-2-3-11-12(8-10)22-7-6-21-11/h2-5,8-9H,6-7H2,1H3,(H,15,16)(H,17,18). The summed E-state index contributed by atoms with van der Waals surface area (Å²) in [6.45, 7) is 2.20. The van der Waals surface area contributed by atoms with E-state index in [-0.39, 0.29) is 5.16 Å². The maximum atomic E-state index is 12.3. The lowest BCUT2D eigenvalue weighted by Crippen LogP contribution is -2.33. The van der Waals surface area contributed by atoms with Crippen molar-refractivity contribution in [2.75, 3.05) is 18.5 Å². The molecular weight excluding hydrogens is 322 g/mol. The van der Waals surface area contributed by atoms with Crippen molar-refractivity contribution in [2.45, 2.75) is 17.3 Å².